The maximum atomic E-state index is 11.8. The van der Waals surface area contributed by atoms with Crippen molar-refractivity contribution < 1.29 is 9.53 Å². The SMILES string of the molecule is O=C(CNCC1CCCS1)N1CCOCC1. The molecule has 0 radical (unpaired) electrons. The van der Waals surface area contributed by atoms with Gasteiger partial charge in [-0.25, -0.2) is 0 Å². The van der Waals surface area contributed by atoms with Crippen LogP contribution in [0, 0.1) is 0 Å². The van der Waals surface area contributed by atoms with Crippen molar-refractivity contribution in [2.24, 2.45) is 0 Å². The molecule has 0 bridgehead atoms. The van der Waals surface area contributed by atoms with Crippen molar-refractivity contribution in [2.75, 3.05) is 45.1 Å². The van der Waals surface area contributed by atoms with E-state index in [0.717, 1.165) is 24.9 Å². The van der Waals surface area contributed by atoms with Gasteiger partial charge in [0, 0.05) is 24.9 Å². The number of nitrogens with one attached hydrogen (secondary N) is 1. The molecule has 2 aliphatic heterocycles. The predicted molar refractivity (Wildman–Crippen MR) is 65.7 cm³/mol. The molecule has 4 nitrogen and oxygen atoms in total. The second-order valence-electron chi connectivity index (χ2n) is 4.26. The summed E-state index contributed by atoms with van der Waals surface area (Å²) < 4.78 is 5.22. The van der Waals surface area contributed by atoms with Gasteiger partial charge in [-0.1, -0.05) is 0 Å². The Morgan fingerprint density at radius 2 is 2.25 bits per heavy atom. The molecule has 0 aromatic carbocycles. The first-order valence-corrected chi connectivity index (χ1v) is 7.09. The van der Waals surface area contributed by atoms with Crippen LogP contribution in [0.4, 0.5) is 0 Å². The highest BCUT2D eigenvalue weighted by molar-refractivity contribution is 8.00. The highest BCUT2D eigenvalue weighted by Crippen LogP contribution is 2.25. The minimum Gasteiger partial charge on any atom is -0.378 e. The molecule has 2 saturated heterocycles. The molecule has 5 heteroatoms. The Labute approximate surface area is 101 Å². The highest BCUT2D eigenvalue weighted by Gasteiger charge is 2.18. The third kappa shape index (κ3) is 3.64. The normalized spacial score (nSPS) is 26.0. The van der Waals surface area contributed by atoms with Gasteiger partial charge in [0.1, 0.15) is 0 Å². The third-order valence-electron chi connectivity index (χ3n) is 3.04. The zero-order valence-corrected chi connectivity index (χ0v) is 10.4. The molecule has 0 aromatic rings. The van der Waals surface area contributed by atoms with Crippen molar-refractivity contribution in [3.63, 3.8) is 0 Å². The Hall–Kier alpha value is -0.260. The number of carbonyl (C=O) groups excluding carboxylic acids is 1. The molecule has 0 aromatic heterocycles. The molecule has 2 heterocycles. The number of hydrogen-bond donors (Lipinski definition) is 1. The van der Waals surface area contributed by atoms with E-state index >= 15 is 0 Å². The van der Waals surface area contributed by atoms with E-state index in [-0.39, 0.29) is 5.91 Å². The van der Waals surface area contributed by atoms with Crippen LogP contribution in [0.25, 0.3) is 0 Å². The predicted octanol–water partition coefficient (Wildman–Crippen LogP) is 0.330. The largest absolute Gasteiger partial charge is 0.378 e. The van der Waals surface area contributed by atoms with E-state index in [9.17, 15) is 4.79 Å². The molecule has 1 N–H and O–H groups in total. The van der Waals surface area contributed by atoms with Crippen LogP contribution in [0.2, 0.25) is 0 Å². The van der Waals surface area contributed by atoms with Gasteiger partial charge >= 0.3 is 0 Å². The van der Waals surface area contributed by atoms with Gasteiger partial charge in [-0.05, 0) is 18.6 Å². The summed E-state index contributed by atoms with van der Waals surface area (Å²) in [5, 5.41) is 3.99. The van der Waals surface area contributed by atoms with Crippen LogP contribution in [0.1, 0.15) is 12.8 Å². The lowest BCUT2D eigenvalue weighted by Crippen LogP contribution is -2.45. The fourth-order valence-electron chi connectivity index (χ4n) is 2.07. The van der Waals surface area contributed by atoms with E-state index in [2.05, 4.69) is 5.32 Å². The minimum atomic E-state index is 0.214. The smallest absolute Gasteiger partial charge is 0.236 e. The number of rotatable bonds is 4. The Balaban J connectivity index is 1.59. The number of hydrogen-bond acceptors (Lipinski definition) is 4. The van der Waals surface area contributed by atoms with E-state index in [4.69, 9.17) is 4.74 Å². The number of thioether (sulfide) groups is 1. The summed E-state index contributed by atoms with van der Waals surface area (Å²) in [6, 6.07) is 0. The average molecular weight is 244 g/mol. The van der Waals surface area contributed by atoms with Gasteiger partial charge in [0.2, 0.25) is 5.91 Å². The van der Waals surface area contributed by atoms with Crippen molar-refractivity contribution >= 4 is 17.7 Å². The third-order valence-corrected chi connectivity index (χ3v) is 4.43. The maximum absolute atomic E-state index is 11.8. The Morgan fingerprint density at radius 3 is 2.94 bits per heavy atom. The molecule has 92 valence electrons. The summed E-state index contributed by atoms with van der Waals surface area (Å²) in [7, 11) is 0. The van der Waals surface area contributed by atoms with Crippen molar-refractivity contribution in [3.05, 3.63) is 0 Å². The van der Waals surface area contributed by atoms with Gasteiger partial charge < -0.3 is 15.0 Å². The lowest BCUT2D eigenvalue weighted by Gasteiger charge is -2.27. The van der Waals surface area contributed by atoms with Crippen LogP contribution in [-0.2, 0) is 9.53 Å². The Kier molecular flexibility index (Phi) is 4.93. The van der Waals surface area contributed by atoms with Gasteiger partial charge in [0.05, 0.1) is 19.8 Å². The van der Waals surface area contributed by atoms with E-state index in [1.165, 1.54) is 18.6 Å². The molecule has 16 heavy (non-hydrogen) atoms. The summed E-state index contributed by atoms with van der Waals surface area (Å²) >= 11 is 2.02. The Bertz CT molecular complexity index is 226. The standard InChI is InChI=1S/C11H20N2O2S/c14-11(13-3-5-15-6-4-13)9-12-8-10-2-1-7-16-10/h10,12H,1-9H2. The van der Waals surface area contributed by atoms with Crippen LogP contribution in [0.3, 0.4) is 0 Å². The van der Waals surface area contributed by atoms with Crippen LogP contribution in [-0.4, -0.2) is 61.2 Å². The van der Waals surface area contributed by atoms with Crippen LogP contribution in [0.5, 0.6) is 0 Å². The van der Waals surface area contributed by atoms with Gasteiger partial charge in [-0.3, -0.25) is 4.79 Å². The van der Waals surface area contributed by atoms with Gasteiger partial charge in [0.15, 0.2) is 0 Å². The summed E-state index contributed by atoms with van der Waals surface area (Å²) in [6.45, 7) is 4.32. The molecule has 2 aliphatic rings. The fraction of sp³-hybridized carbons (Fsp3) is 0.909. The molecule has 2 fully saturated rings. The topological polar surface area (TPSA) is 41.6 Å². The first kappa shape index (κ1) is 12.2. The summed E-state index contributed by atoms with van der Waals surface area (Å²) in [6.07, 6.45) is 2.62. The number of morpholine rings is 1. The molecular formula is C11H20N2O2S. The highest BCUT2D eigenvalue weighted by atomic mass is 32.2. The molecule has 0 aliphatic carbocycles. The number of nitrogens with zero attached hydrogens (tertiary/aromatic N) is 1. The molecule has 0 spiro atoms. The second kappa shape index (κ2) is 6.47. The van der Waals surface area contributed by atoms with Gasteiger partial charge in [-0.2, -0.15) is 11.8 Å². The molecule has 1 amide bonds. The first-order chi connectivity index (χ1) is 7.86. The van der Waals surface area contributed by atoms with E-state index < -0.39 is 0 Å². The van der Waals surface area contributed by atoms with Crippen LogP contribution >= 0.6 is 11.8 Å². The zero-order valence-electron chi connectivity index (χ0n) is 9.61. The molecular weight excluding hydrogens is 224 g/mol. The molecule has 0 saturated carbocycles. The second-order valence-corrected chi connectivity index (χ2v) is 5.67. The van der Waals surface area contributed by atoms with Crippen LogP contribution < -0.4 is 5.32 Å². The lowest BCUT2D eigenvalue weighted by molar-refractivity contribution is -0.134. The summed E-state index contributed by atoms with van der Waals surface area (Å²) in [4.78, 5) is 13.7. The molecule has 1 atom stereocenters. The maximum Gasteiger partial charge on any atom is 0.236 e. The first-order valence-electron chi connectivity index (χ1n) is 6.04. The Morgan fingerprint density at radius 1 is 1.44 bits per heavy atom. The van der Waals surface area contributed by atoms with Gasteiger partial charge in [0.25, 0.3) is 0 Å². The van der Waals surface area contributed by atoms with Crippen molar-refractivity contribution in [1.82, 2.24) is 10.2 Å². The lowest BCUT2D eigenvalue weighted by atomic mass is 10.2. The summed E-state index contributed by atoms with van der Waals surface area (Å²) in [5.41, 5.74) is 0. The van der Waals surface area contributed by atoms with Gasteiger partial charge in [-0.15, -0.1) is 0 Å². The number of carbonyl (C=O) groups is 1. The van der Waals surface area contributed by atoms with E-state index in [1.54, 1.807) is 0 Å². The monoisotopic (exact) mass is 244 g/mol. The number of ether oxygens (including phenoxy) is 1. The quantitative estimate of drug-likeness (QED) is 0.774. The van der Waals surface area contributed by atoms with Crippen LogP contribution in [0.15, 0.2) is 0 Å². The number of amides is 1. The molecule has 1 unspecified atom stereocenters. The van der Waals surface area contributed by atoms with Crippen molar-refractivity contribution in [2.45, 2.75) is 18.1 Å². The zero-order chi connectivity index (χ0) is 11.2. The molecule has 2 rings (SSSR count). The van der Waals surface area contributed by atoms with E-state index in [1.807, 2.05) is 16.7 Å². The van der Waals surface area contributed by atoms with Crippen molar-refractivity contribution in [1.29, 1.82) is 0 Å². The summed E-state index contributed by atoms with van der Waals surface area (Å²) in [5.74, 6) is 1.50. The average Bonchev–Trinajstić information content (AvgIpc) is 2.83. The minimum absolute atomic E-state index is 0.214. The fourth-order valence-corrected chi connectivity index (χ4v) is 3.31. The van der Waals surface area contributed by atoms with E-state index in [0.29, 0.717) is 19.8 Å². The van der Waals surface area contributed by atoms with Crippen molar-refractivity contribution in [3.8, 4) is 0 Å².